The Bertz CT molecular complexity index is 1230. The minimum atomic E-state index is 0.105. The molecule has 0 saturated carbocycles. The number of allylic oxidation sites excluding steroid dienone is 1. The number of rotatable bonds is 5. The molecule has 0 N–H and O–H groups in total. The van der Waals surface area contributed by atoms with E-state index in [0.29, 0.717) is 0 Å². The molecule has 0 spiro atoms. The van der Waals surface area contributed by atoms with Crippen LogP contribution in [0.15, 0.2) is 103 Å². The van der Waals surface area contributed by atoms with Crippen LogP contribution < -0.4 is 9.47 Å². The summed E-state index contributed by atoms with van der Waals surface area (Å²) in [4.78, 5) is 0. The molecule has 152 valence electrons. The van der Waals surface area contributed by atoms with E-state index in [0.717, 1.165) is 17.1 Å². The standard InChI is InChI=1S/C29H24O2/c1-30-24-19-18-23-25(20-12-6-3-7-13-20)26(21-14-8-4-9-15-21)27(28(23)29(24)31-2)22-16-10-5-11-17-22/h3-19,25H,1-2H3. The number of methoxy groups -OCH3 is 2. The highest BCUT2D eigenvalue weighted by atomic mass is 16.5. The van der Waals surface area contributed by atoms with Gasteiger partial charge < -0.3 is 9.47 Å². The third-order valence-electron chi connectivity index (χ3n) is 5.98. The summed E-state index contributed by atoms with van der Waals surface area (Å²) in [5.41, 5.74) is 8.49. The van der Waals surface area contributed by atoms with Crippen LogP contribution in [0, 0.1) is 0 Å². The molecule has 4 aromatic rings. The third kappa shape index (κ3) is 3.21. The van der Waals surface area contributed by atoms with Crippen LogP contribution in [0.25, 0.3) is 11.1 Å². The fraction of sp³-hybridized carbons (Fsp3) is 0.103. The first kappa shape index (κ1) is 19.2. The largest absolute Gasteiger partial charge is 0.493 e. The second-order valence-electron chi connectivity index (χ2n) is 7.63. The molecule has 2 heteroatoms. The summed E-state index contributed by atoms with van der Waals surface area (Å²) in [6, 6.07) is 36.2. The normalized spacial score (nSPS) is 15.0. The Labute approximate surface area is 183 Å². The first-order chi connectivity index (χ1) is 15.3. The lowest BCUT2D eigenvalue weighted by Gasteiger charge is -2.19. The zero-order valence-electron chi connectivity index (χ0n) is 17.7. The monoisotopic (exact) mass is 404 g/mol. The van der Waals surface area contributed by atoms with Crippen LogP contribution in [0.3, 0.4) is 0 Å². The molecule has 1 aliphatic rings. The van der Waals surface area contributed by atoms with Gasteiger partial charge in [0.1, 0.15) is 0 Å². The summed E-state index contributed by atoms with van der Waals surface area (Å²) in [6.07, 6.45) is 0. The maximum Gasteiger partial charge on any atom is 0.168 e. The van der Waals surface area contributed by atoms with Crippen LogP contribution in [0.2, 0.25) is 0 Å². The van der Waals surface area contributed by atoms with E-state index in [4.69, 9.17) is 9.47 Å². The van der Waals surface area contributed by atoms with Crippen molar-refractivity contribution in [1.82, 2.24) is 0 Å². The molecule has 2 nitrogen and oxygen atoms in total. The van der Waals surface area contributed by atoms with Crippen molar-refractivity contribution in [1.29, 1.82) is 0 Å². The lowest BCUT2D eigenvalue weighted by atomic mass is 9.84. The number of fused-ring (bicyclic) bond motifs is 1. The zero-order valence-corrected chi connectivity index (χ0v) is 17.7. The van der Waals surface area contributed by atoms with Crippen LogP contribution in [-0.4, -0.2) is 14.2 Å². The number of benzene rings is 4. The SMILES string of the molecule is COc1ccc2c(c1OC)C(c1ccccc1)=C(c1ccccc1)C2c1ccccc1. The molecule has 0 fully saturated rings. The Morgan fingerprint density at radius 3 is 1.74 bits per heavy atom. The van der Waals surface area contributed by atoms with E-state index in [-0.39, 0.29) is 5.92 Å². The topological polar surface area (TPSA) is 18.5 Å². The molecular formula is C29H24O2. The molecular weight excluding hydrogens is 380 g/mol. The van der Waals surface area contributed by atoms with E-state index in [1.807, 2.05) is 6.07 Å². The lowest BCUT2D eigenvalue weighted by molar-refractivity contribution is 0.354. The van der Waals surface area contributed by atoms with Gasteiger partial charge in [0.05, 0.1) is 14.2 Å². The van der Waals surface area contributed by atoms with Gasteiger partial charge in [0.2, 0.25) is 0 Å². The fourth-order valence-electron chi connectivity index (χ4n) is 4.70. The molecule has 0 heterocycles. The van der Waals surface area contributed by atoms with Gasteiger partial charge in [-0.05, 0) is 39.5 Å². The quantitative estimate of drug-likeness (QED) is 0.364. The Hall–Kier alpha value is -3.78. The second-order valence-corrected chi connectivity index (χ2v) is 7.63. The third-order valence-corrected chi connectivity index (χ3v) is 5.98. The number of ether oxygens (including phenoxy) is 2. The lowest BCUT2D eigenvalue weighted by Crippen LogP contribution is -2.02. The van der Waals surface area contributed by atoms with Crippen molar-refractivity contribution >= 4 is 11.1 Å². The highest BCUT2D eigenvalue weighted by molar-refractivity contribution is 6.08. The van der Waals surface area contributed by atoms with Gasteiger partial charge in [-0.2, -0.15) is 0 Å². The number of hydrogen-bond acceptors (Lipinski definition) is 2. The van der Waals surface area contributed by atoms with Gasteiger partial charge >= 0.3 is 0 Å². The predicted molar refractivity (Wildman–Crippen MR) is 127 cm³/mol. The summed E-state index contributed by atoms with van der Waals surface area (Å²) >= 11 is 0. The van der Waals surface area contributed by atoms with Gasteiger partial charge in [0, 0.05) is 11.5 Å². The van der Waals surface area contributed by atoms with Crippen molar-refractivity contribution in [3.63, 3.8) is 0 Å². The smallest absolute Gasteiger partial charge is 0.168 e. The zero-order chi connectivity index (χ0) is 21.2. The minimum Gasteiger partial charge on any atom is -0.493 e. The average Bonchev–Trinajstić information content (AvgIpc) is 3.20. The Balaban J connectivity index is 1.92. The van der Waals surface area contributed by atoms with E-state index >= 15 is 0 Å². The molecule has 0 saturated heterocycles. The minimum absolute atomic E-state index is 0.105. The maximum atomic E-state index is 5.94. The van der Waals surface area contributed by atoms with Gasteiger partial charge in [-0.15, -0.1) is 0 Å². The molecule has 0 radical (unpaired) electrons. The van der Waals surface area contributed by atoms with Crippen LogP contribution in [-0.2, 0) is 0 Å². The molecule has 1 aliphatic carbocycles. The molecule has 0 aliphatic heterocycles. The van der Waals surface area contributed by atoms with Crippen molar-refractivity contribution in [2.24, 2.45) is 0 Å². The highest BCUT2D eigenvalue weighted by Crippen LogP contribution is 2.56. The molecule has 1 unspecified atom stereocenters. The van der Waals surface area contributed by atoms with Crippen LogP contribution >= 0.6 is 0 Å². The van der Waals surface area contributed by atoms with Crippen molar-refractivity contribution in [3.8, 4) is 11.5 Å². The molecule has 0 amide bonds. The molecule has 1 atom stereocenters. The summed E-state index contributed by atoms with van der Waals surface area (Å²) < 4.78 is 11.6. The highest BCUT2D eigenvalue weighted by Gasteiger charge is 2.37. The van der Waals surface area contributed by atoms with Crippen LogP contribution in [0.1, 0.15) is 33.7 Å². The van der Waals surface area contributed by atoms with Gasteiger partial charge in [-0.3, -0.25) is 0 Å². The van der Waals surface area contributed by atoms with Crippen LogP contribution in [0.5, 0.6) is 11.5 Å². The van der Waals surface area contributed by atoms with E-state index in [1.165, 1.54) is 33.4 Å². The summed E-state index contributed by atoms with van der Waals surface area (Å²) in [5, 5.41) is 0. The van der Waals surface area contributed by atoms with Gasteiger partial charge in [0.25, 0.3) is 0 Å². The van der Waals surface area contributed by atoms with E-state index in [2.05, 4.69) is 97.1 Å². The summed E-state index contributed by atoms with van der Waals surface area (Å²) in [7, 11) is 3.41. The average molecular weight is 405 g/mol. The van der Waals surface area contributed by atoms with Crippen molar-refractivity contribution < 1.29 is 9.47 Å². The first-order valence-electron chi connectivity index (χ1n) is 10.5. The van der Waals surface area contributed by atoms with Crippen LogP contribution in [0.4, 0.5) is 0 Å². The number of hydrogen-bond donors (Lipinski definition) is 0. The first-order valence-corrected chi connectivity index (χ1v) is 10.5. The van der Waals surface area contributed by atoms with Crippen molar-refractivity contribution in [2.75, 3.05) is 14.2 Å². The Kier molecular flexibility index (Phi) is 5.05. The molecule has 0 bridgehead atoms. The Morgan fingerprint density at radius 1 is 0.581 bits per heavy atom. The maximum absolute atomic E-state index is 5.94. The molecule has 0 aromatic heterocycles. The van der Waals surface area contributed by atoms with Crippen molar-refractivity contribution in [2.45, 2.75) is 5.92 Å². The predicted octanol–water partition coefficient (Wildman–Crippen LogP) is 6.81. The van der Waals surface area contributed by atoms with E-state index < -0.39 is 0 Å². The Morgan fingerprint density at radius 2 is 1.16 bits per heavy atom. The summed E-state index contributed by atoms with van der Waals surface area (Å²) in [6.45, 7) is 0. The van der Waals surface area contributed by atoms with Gasteiger partial charge in [0.15, 0.2) is 11.5 Å². The van der Waals surface area contributed by atoms with E-state index in [9.17, 15) is 0 Å². The molecule has 31 heavy (non-hydrogen) atoms. The molecule has 5 rings (SSSR count). The van der Waals surface area contributed by atoms with Gasteiger partial charge in [-0.25, -0.2) is 0 Å². The van der Waals surface area contributed by atoms with Crippen molar-refractivity contribution in [3.05, 3.63) is 131 Å². The molecule has 4 aromatic carbocycles. The summed E-state index contributed by atoms with van der Waals surface area (Å²) in [5.74, 6) is 1.63. The second kappa shape index (κ2) is 8.16. The van der Waals surface area contributed by atoms with Gasteiger partial charge in [-0.1, -0.05) is 97.1 Å². The fourth-order valence-corrected chi connectivity index (χ4v) is 4.70. The van der Waals surface area contributed by atoms with E-state index in [1.54, 1.807) is 14.2 Å².